The zero-order valence-electron chi connectivity index (χ0n) is 9.40. The van der Waals surface area contributed by atoms with E-state index in [2.05, 4.69) is 4.74 Å². The third-order valence-electron chi connectivity index (χ3n) is 2.91. The fourth-order valence-corrected chi connectivity index (χ4v) is 2.20. The van der Waals surface area contributed by atoms with E-state index in [1.807, 2.05) is 0 Å². The molecule has 102 valence electrons. The van der Waals surface area contributed by atoms with E-state index in [1.54, 1.807) is 4.90 Å². The number of alkyl halides is 3. The van der Waals surface area contributed by atoms with Crippen molar-refractivity contribution in [2.24, 2.45) is 0 Å². The molecule has 8 heteroatoms. The Hall–Kier alpha value is -1.15. The minimum atomic E-state index is -5.14. The van der Waals surface area contributed by atoms with Crippen LogP contribution >= 0.6 is 0 Å². The number of nitrogens with zero attached hydrogens (tertiary/aromatic N) is 1. The molecule has 2 rings (SSSR count). The maximum Gasteiger partial charge on any atom is 0.491 e. The van der Waals surface area contributed by atoms with Crippen molar-refractivity contribution in [3.63, 3.8) is 0 Å². The second kappa shape index (κ2) is 4.85. The molecule has 0 aromatic heterocycles. The lowest BCUT2D eigenvalue weighted by atomic mass is 10.2. The normalized spacial score (nSPS) is 28.2. The number of carbonyl (C=O) groups excluding carboxylic acids is 2. The van der Waals surface area contributed by atoms with Crippen molar-refractivity contribution < 1.29 is 32.2 Å². The van der Waals surface area contributed by atoms with Crippen LogP contribution in [0.1, 0.15) is 12.8 Å². The van der Waals surface area contributed by atoms with Gasteiger partial charge in [-0.15, -0.1) is 0 Å². The second-order valence-electron chi connectivity index (χ2n) is 4.41. The molecule has 0 amide bonds. The lowest BCUT2D eigenvalue weighted by Crippen LogP contribution is -2.45. The van der Waals surface area contributed by atoms with Gasteiger partial charge in [-0.3, -0.25) is 9.69 Å². The van der Waals surface area contributed by atoms with E-state index in [0.29, 0.717) is 13.1 Å². The first-order chi connectivity index (χ1) is 8.34. The van der Waals surface area contributed by atoms with Gasteiger partial charge in [0.05, 0.1) is 18.8 Å². The minimum absolute atomic E-state index is 0.0230. The van der Waals surface area contributed by atoms with E-state index in [0.717, 1.165) is 12.8 Å². The zero-order valence-corrected chi connectivity index (χ0v) is 9.40. The Balaban J connectivity index is 1.80. The topological polar surface area (TPSA) is 55.8 Å². The highest BCUT2D eigenvalue weighted by molar-refractivity contribution is 5.89. The minimum Gasteiger partial charge on any atom is -0.385 e. The summed E-state index contributed by atoms with van der Waals surface area (Å²) in [5.74, 6) is -3.65. The average molecular weight is 267 g/mol. The van der Waals surface area contributed by atoms with Crippen LogP contribution in [-0.2, 0) is 19.1 Å². The van der Waals surface area contributed by atoms with Crippen LogP contribution in [-0.4, -0.2) is 54.9 Å². The molecule has 2 atom stereocenters. The fourth-order valence-electron chi connectivity index (χ4n) is 2.20. The molecule has 0 saturated carbocycles. The summed E-state index contributed by atoms with van der Waals surface area (Å²) in [5, 5.41) is 0. The molecule has 2 heterocycles. The molecule has 0 aromatic rings. The van der Waals surface area contributed by atoms with Crippen LogP contribution < -0.4 is 0 Å². The molecule has 0 radical (unpaired) electrons. The van der Waals surface area contributed by atoms with Crippen molar-refractivity contribution in [3.8, 4) is 0 Å². The standard InChI is InChI=1S/C10H12F3NO4/c11-10(12,13)9(16)18-8(15)5-14-3-6-1-2-7(4-14)17-6/h6-7H,1-5H2. The Kier molecular flexibility index (Phi) is 3.58. The van der Waals surface area contributed by atoms with Gasteiger partial charge in [-0.1, -0.05) is 0 Å². The van der Waals surface area contributed by atoms with Crippen LogP contribution in [0.15, 0.2) is 0 Å². The predicted octanol–water partition coefficient (Wildman–Crippen LogP) is 0.482. The molecular weight excluding hydrogens is 255 g/mol. The first-order valence-corrected chi connectivity index (χ1v) is 5.54. The Labute approximate surface area is 101 Å². The average Bonchev–Trinajstić information content (AvgIpc) is 2.56. The Morgan fingerprint density at radius 3 is 2.28 bits per heavy atom. The van der Waals surface area contributed by atoms with Gasteiger partial charge in [-0.05, 0) is 12.8 Å². The lowest BCUT2D eigenvalue weighted by Gasteiger charge is -2.30. The summed E-state index contributed by atoms with van der Waals surface area (Å²) in [4.78, 5) is 23.3. The smallest absolute Gasteiger partial charge is 0.385 e. The third kappa shape index (κ3) is 3.20. The van der Waals surface area contributed by atoms with Crippen molar-refractivity contribution in [3.05, 3.63) is 0 Å². The molecule has 2 aliphatic heterocycles. The summed E-state index contributed by atoms with van der Waals surface area (Å²) in [5.41, 5.74) is 0. The molecule has 2 aliphatic rings. The quantitative estimate of drug-likeness (QED) is 0.538. The number of morpholine rings is 1. The number of hydrogen-bond acceptors (Lipinski definition) is 5. The van der Waals surface area contributed by atoms with Crippen LogP contribution in [0.5, 0.6) is 0 Å². The van der Waals surface area contributed by atoms with E-state index >= 15 is 0 Å². The highest BCUT2D eigenvalue weighted by atomic mass is 19.4. The SMILES string of the molecule is O=C(CN1CC2CCC(C1)O2)OC(=O)C(F)(F)F. The molecule has 2 fully saturated rings. The number of halogens is 3. The highest BCUT2D eigenvalue weighted by Gasteiger charge is 2.43. The number of fused-ring (bicyclic) bond motifs is 2. The van der Waals surface area contributed by atoms with Crippen LogP contribution in [0.3, 0.4) is 0 Å². The second-order valence-corrected chi connectivity index (χ2v) is 4.41. The molecule has 0 aliphatic carbocycles. The summed E-state index contributed by atoms with van der Waals surface area (Å²) < 4.78 is 44.8. The van der Waals surface area contributed by atoms with E-state index in [-0.39, 0.29) is 18.8 Å². The van der Waals surface area contributed by atoms with Gasteiger partial charge in [-0.2, -0.15) is 13.2 Å². The molecule has 18 heavy (non-hydrogen) atoms. The van der Waals surface area contributed by atoms with Crippen LogP contribution in [0, 0.1) is 0 Å². The number of likely N-dealkylation sites (tertiary alicyclic amines) is 1. The highest BCUT2D eigenvalue weighted by Crippen LogP contribution is 2.26. The van der Waals surface area contributed by atoms with Crippen molar-refractivity contribution in [2.45, 2.75) is 31.2 Å². The van der Waals surface area contributed by atoms with Gasteiger partial charge in [0.25, 0.3) is 0 Å². The maximum atomic E-state index is 11.9. The summed E-state index contributed by atoms with van der Waals surface area (Å²) in [6, 6.07) is 0. The van der Waals surface area contributed by atoms with Crippen molar-refractivity contribution in [1.82, 2.24) is 4.90 Å². The van der Waals surface area contributed by atoms with Gasteiger partial charge in [-0.25, -0.2) is 4.79 Å². The first kappa shape index (κ1) is 13.3. The zero-order chi connectivity index (χ0) is 13.3. The molecular formula is C10H12F3NO4. The van der Waals surface area contributed by atoms with Gasteiger partial charge in [0.2, 0.25) is 0 Å². The maximum absolute atomic E-state index is 11.9. The van der Waals surface area contributed by atoms with Gasteiger partial charge in [0.15, 0.2) is 0 Å². The van der Waals surface area contributed by atoms with Gasteiger partial charge in [0.1, 0.15) is 0 Å². The van der Waals surface area contributed by atoms with Crippen molar-refractivity contribution >= 4 is 11.9 Å². The lowest BCUT2D eigenvalue weighted by molar-refractivity contribution is -0.202. The molecule has 2 bridgehead atoms. The first-order valence-electron chi connectivity index (χ1n) is 5.54. The van der Waals surface area contributed by atoms with Crippen molar-refractivity contribution in [2.75, 3.05) is 19.6 Å². The van der Waals surface area contributed by atoms with E-state index in [4.69, 9.17) is 4.74 Å². The van der Waals surface area contributed by atoms with E-state index < -0.39 is 18.1 Å². The fraction of sp³-hybridized carbons (Fsp3) is 0.800. The van der Waals surface area contributed by atoms with Crippen LogP contribution in [0.25, 0.3) is 0 Å². The number of hydrogen-bond donors (Lipinski definition) is 0. The molecule has 0 N–H and O–H groups in total. The van der Waals surface area contributed by atoms with Crippen molar-refractivity contribution in [1.29, 1.82) is 0 Å². The Morgan fingerprint density at radius 2 is 1.78 bits per heavy atom. The molecule has 0 aromatic carbocycles. The molecule has 2 saturated heterocycles. The van der Waals surface area contributed by atoms with Crippen LogP contribution in [0.4, 0.5) is 13.2 Å². The Bertz CT molecular complexity index is 346. The summed E-state index contributed by atoms with van der Waals surface area (Å²) >= 11 is 0. The number of esters is 2. The third-order valence-corrected chi connectivity index (χ3v) is 2.91. The Morgan fingerprint density at radius 1 is 1.22 bits per heavy atom. The summed E-state index contributed by atoms with van der Waals surface area (Å²) in [6.45, 7) is 0.635. The van der Waals surface area contributed by atoms with Crippen LogP contribution in [0.2, 0.25) is 0 Å². The van der Waals surface area contributed by atoms with E-state index in [9.17, 15) is 22.8 Å². The largest absolute Gasteiger partial charge is 0.491 e. The molecule has 0 spiro atoms. The summed E-state index contributed by atoms with van der Waals surface area (Å²) in [6.07, 6.45) is -3.32. The number of ether oxygens (including phenoxy) is 2. The molecule has 5 nitrogen and oxygen atoms in total. The van der Waals surface area contributed by atoms with Gasteiger partial charge in [0, 0.05) is 13.1 Å². The van der Waals surface area contributed by atoms with Gasteiger partial charge >= 0.3 is 18.1 Å². The monoisotopic (exact) mass is 267 g/mol. The number of rotatable bonds is 2. The number of carbonyl (C=O) groups is 2. The molecule has 2 unspecified atom stereocenters. The summed E-state index contributed by atoms with van der Waals surface area (Å²) in [7, 11) is 0. The van der Waals surface area contributed by atoms with Gasteiger partial charge < -0.3 is 9.47 Å². The predicted molar refractivity (Wildman–Crippen MR) is 51.5 cm³/mol. The van der Waals surface area contributed by atoms with E-state index in [1.165, 1.54) is 0 Å².